The van der Waals surface area contributed by atoms with Gasteiger partial charge in [0.15, 0.2) is 0 Å². The third-order valence-electron chi connectivity index (χ3n) is 7.55. The first-order chi connectivity index (χ1) is 15.6. The maximum atomic E-state index is 15.2. The van der Waals surface area contributed by atoms with Crippen LogP contribution in [0.5, 0.6) is 0 Å². The van der Waals surface area contributed by atoms with E-state index in [0.717, 1.165) is 18.8 Å². The fourth-order valence-corrected chi connectivity index (χ4v) is 5.48. The van der Waals surface area contributed by atoms with E-state index in [1.807, 2.05) is 19.1 Å². The standard InChI is InChI=1S/C29H43FO2/c1-3-5-6-7-8-9-10-11-12-13-14-22-15-17-23(18-16-22)26-20-19-24-21-25(4-2)32-29(31)27(24)28(26)30/h19-23H,3-18H2,1-2H3. The summed E-state index contributed by atoms with van der Waals surface area (Å²) in [6.45, 7) is 4.21. The van der Waals surface area contributed by atoms with E-state index < -0.39 is 5.63 Å². The SMILES string of the molecule is CCCCCCCCCCCCC1CCC(c2ccc3cc(CC)oc(=O)c3c2F)CC1. The van der Waals surface area contributed by atoms with E-state index >= 15 is 4.39 Å². The second-order valence-corrected chi connectivity index (χ2v) is 9.98. The van der Waals surface area contributed by atoms with Crippen molar-refractivity contribution in [3.63, 3.8) is 0 Å². The quantitative estimate of drug-likeness (QED) is 0.290. The molecule has 3 heteroatoms. The van der Waals surface area contributed by atoms with Gasteiger partial charge in [-0.2, -0.15) is 0 Å². The van der Waals surface area contributed by atoms with E-state index in [-0.39, 0.29) is 17.1 Å². The lowest BCUT2D eigenvalue weighted by molar-refractivity contribution is 0.298. The van der Waals surface area contributed by atoms with E-state index in [9.17, 15) is 4.79 Å². The fraction of sp³-hybridized carbons (Fsp3) is 0.690. The number of hydrogen-bond donors (Lipinski definition) is 0. The van der Waals surface area contributed by atoms with Gasteiger partial charge in [-0.3, -0.25) is 0 Å². The Morgan fingerprint density at radius 3 is 2.12 bits per heavy atom. The summed E-state index contributed by atoms with van der Waals surface area (Å²) in [5, 5.41) is 0.793. The molecule has 32 heavy (non-hydrogen) atoms. The Kier molecular flexibility index (Phi) is 10.3. The highest BCUT2D eigenvalue weighted by Crippen LogP contribution is 2.39. The van der Waals surface area contributed by atoms with Crippen LogP contribution in [0.25, 0.3) is 10.8 Å². The normalized spacial score (nSPS) is 19.0. The van der Waals surface area contributed by atoms with Crippen molar-refractivity contribution in [3.05, 3.63) is 45.8 Å². The maximum absolute atomic E-state index is 15.2. The second-order valence-electron chi connectivity index (χ2n) is 9.98. The van der Waals surface area contributed by atoms with Gasteiger partial charge < -0.3 is 4.42 Å². The van der Waals surface area contributed by atoms with E-state index in [4.69, 9.17) is 4.42 Å². The molecule has 0 bridgehead atoms. The van der Waals surface area contributed by atoms with Crippen LogP contribution >= 0.6 is 0 Å². The first-order valence-corrected chi connectivity index (χ1v) is 13.4. The Labute approximate surface area is 194 Å². The molecule has 2 nitrogen and oxygen atoms in total. The van der Waals surface area contributed by atoms with E-state index in [2.05, 4.69) is 6.92 Å². The Hall–Kier alpha value is -1.64. The molecule has 0 aliphatic heterocycles. The van der Waals surface area contributed by atoms with Crippen molar-refractivity contribution in [2.24, 2.45) is 5.92 Å². The van der Waals surface area contributed by atoms with Crippen molar-refractivity contribution < 1.29 is 8.81 Å². The molecular weight excluding hydrogens is 399 g/mol. The van der Waals surface area contributed by atoms with Crippen molar-refractivity contribution in [2.45, 2.75) is 122 Å². The molecular formula is C29H43FO2. The van der Waals surface area contributed by atoms with Gasteiger partial charge >= 0.3 is 5.63 Å². The molecule has 1 aromatic heterocycles. The molecule has 1 saturated carbocycles. The minimum Gasteiger partial charge on any atom is -0.427 e. The average molecular weight is 443 g/mol. The van der Waals surface area contributed by atoms with Gasteiger partial charge in [0.1, 0.15) is 17.0 Å². The fourth-order valence-electron chi connectivity index (χ4n) is 5.48. The van der Waals surface area contributed by atoms with Crippen LogP contribution in [0.3, 0.4) is 0 Å². The van der Waals surface area contributed by atoms with E-state index in [0.29, 0.717) is 23.1 Å². The summed E-state index contributed by atoms with van der Waals surface area (Å²) in [6.07, 6.45) is 20.3. The average Bonchev–Trinajstić information content (AvgIpc) is 2.80. The molecule has 0 atom stereocenters. The Morgan fingerprint density at radius 1 is 0.875 bits per heavy atom. The first kappa shape index (κ1) is 25.0. The van der Waals surface area contributed by atoms with Crippen molar-refractivity contribution >= 4 is 10.8 Å². The lowest BCUT2D eigenvalue weighted by Gasteiger charge is -2.29. The summed E-state index contributed by atoms with van der Waals surface area (Å²) in [5.41, 5.74) is 0.180. The smallest absolute Gasteiger partial charge is 0.346 e. The number of unbranched alkanes of at least 4 members (excludes halogenated alkanes) is 9. The van der Waals surface area contributed by atoms with Crippen LogP contribution in [0.15, 0.2) is 27.4 Å². The van der Waals surface area contributed by atoms with Gasteiger partial charge in [0.2, 0.25) is 0 Å². The Bertz CT molecular complexity index is 877. The maximum Gasteiger partial charge on any atom is 0.346 e. The minimum atomic E-state index is -0.534. The zero-order valence-corrected chi connectivity index (χ0v) is 20.4. The molecule has 1 aliphatic rings. The molecule has 0 saturated heterocycles. The predicted molar refractivity (Wildman–Crippen MR) is 133 cm³/mol. The molecule has 0 radical (unpaired) electrons. The molecule has 1 fully saturated rings. The monoisotopic (exact) mass is 442 g/mol. The minimum absolute atomic E-state index is 0.132. The van der Waals surface area contributed by atoms with Crippen LogP contribution in [0.4, 0.5) is 4.39 Å². The molecule has 0 amide bonds. The molecule has 1 heterocycles. The van der Waals surface area contributed by atoms with Gasteiger partial charge in [-0.05, 0) is 54.5 Å². The number of hydrogen-bond acceptors (Lipinski definition) is 2. The number of halogens is 1. The zero-order chi connectivity index (χ0) is 22.8. The van der Waals surface area contributed by atoms with Crippen molar-refractivity contribution in [1.82, 2.24) is 0 Å². The summed E-state index contributed by atoms with van der Waals surface area (Å²) in [5.74, 6) is 1.29. The molecule has 0 unspecified atom stereocenters. The summed E-state index contributed by atoms with van der Waals surface area (Å²) in [4.78, 5) is 12.3. The second kappa shape index (κ2) is 13.2. The van der Waals surface area contributed by atoms with Crippen LogP contribution < -0.4 is 5.63 Å². The van der Waals surface area contributed by atoms with Crippen LogP contribution in [-0.2, 0) is 6.42 Å². The highest BCUT2D eigenvalue weighted by atomic mass is 19.1. The molecule has 1 aromatic carbocycles. The van der Waals surface area contributed by atoms with E-state index in [1.165, 1.54) is 83.5 Å². The highest BCUT2D eigenvalue weighted by Gasteiger charge is 2.25. The molecule has 1 aliphatic carbocycles. The summed E-state index contributed by atoms with van der Waals surface area (Å²) in [7, 11) is 0. The van der Waals surface area contributed by atoms with Gasteiger partial charge in [0.25, 0.3) is 0 Å². The molecule has 0 spiro atoms. The van der Waals surface area contributed by atoms with Crippen LogP contribution in [-0.4, -0.2) is 0 Å². The van der Waals surface area contributed by atoms with Crippen LogP contribution in [0.2, 0.25) is 0 Å². The number of benzene rings is 1. The van der Waals surface area contributed by atoms with Crippen molar-refractivity contribution in [2.75, 3.05) is 0 Å². The van der Waals surface area contributed by atoms with E-state index in [1.54, 1.807) is 6.07 Å². The number of rotatable bonds is 13. The molecule has 0 N–H and O–H groups in total. The summed E-state index contributed by atoms with van der Waals surface area (Å²) >= 11 is 0. The largest absolute Gasteiger partial charge is 0.427 e. The third kappa shape index (κ3) is 6.93. The number of fused-ring (bicyclic) bond motifs is 1. The number of aryl methyl sites for hydroxylation is 1. The van der Waals surface area contributed by atoms with Crippen LogP contribution in [0, 0.1) is 11.7 Å². The molecule has 2 aromatic rings. The topological polar surface area (TPSA) is 30.2 Å². The Balaban J connectivity index is 1.39. The predicted octanol–water partition coefficient (Wildman–Crippen LogP) is 9.08. The van der Waals surface area contributed by atoms with Crippen molar-refractivity contribution in [1.29, 1.82) is 0 Å². The van der Waals surface area contributed by atoms with Gasteiger partial charge in [0.05, 0.1) is 0 Å². The third-order valence-corrected chi connectivity index (χ3v) is 7.55. The summed E-state index contributed by atoms with van der Waals surface area (Å²) in [6, 6.07) is 5.61. The lowest BCUT2D eigenvalue weighted by Crippen LogP contribution is -2.15. The molecule has 3 rings (SSSR count). The zero-order valence-electron chi connectivity index (χ0n) is 20.4. The van der Waals surface area contributed by atoms with Gasteiger partial charge in [-0.15, -0.1) is 0 Å². The van der Waals surface area contributed by atoms with Gasteiger partial charge in [0, 0.05) is 6.42 Å². The molecule has 178 valence electrons. The summed E-state index contributed by atoms with van der Waals surface area (Å²) < 4.78 is 20.5. The Morgan fingerprint density at radius 2 is 1.50 bits per heavy atom. The van der Waals surface area contributed by atoms with Crippen molar-refractivity contribution in [3.8, 4) is 0 Å². The van der Waals surface area contributed by atoms with Gasteiger partial charge in [-0.1, -0.05) is 96.6 Å². The van der Waals surface area contributed by atoms with Gasteiger partial charge in [-0.25, -0.2) is 9.18 Å². The first-order valence-electron chi connectivity index (χ1n) is 13.4. The van der Waals surface area contributed by atoms with Crippen LogP contribution in [0.1, 0.15) is 127 Å². The highest BCUT2D eigenvalue weighted by molar-refractivity contribution is 5.83. The lowest BCUT2D eigenvalue weighted by atomic mass is 9.76.